The molecule has 24 heavy (non-hydrogen) atoms. The summed E-state index contributed by atoms with van der Waals surface area (Å²) in [6.07, 6.45) is 1.04. The summed E-state index contributed by atoms with van der Waals surface area (Å²) in [5.41, 5.74) is 6.36. The van der Waals surface area contributed by atoms with Crippen LogP contribution in [0.15, 0.2) is 48.5 Å². The molecule has 0 radical (unpaired) electrons. The van der Waals surface area contributed by atoms with E-state index in [-0.39, 0.29) is 5.91 Å². The van der Waals surface area contributed by atoms with Crippen LogP contribution < -0.4 is 10.2 Å². The van der Waals surface area contributed by atoms with Gasteiger partial charge in [0.15, 0.2) is 0 Å². The van der Waals surface area contributed by atoms with Crippen molar-refractivity contribution in [1.29, 1.82) is 0 Å². The Morgan fingerprint density at radius 1 is 1.08 bits per heavy atom. The first-order chi connectivity index (χ1) is 11.8. The number of carbonyl (C=O) groups excluding carboxylic acids is 1. The molecule has 1 aromatic heterocycles. The summed E-state index contributed by atoms with van der Waals surface area (Å²) in [7, 11) is 0. The standard InChI is InChI=1S/C20H19N3O/c24-19-13-23-18-9-10-22(11-14-5-2-1-3-6-14)12-16(18)15-7-4-8-17(21-19)20(15)23/h1-8H,9-13H2,(H,21,24)/p+1. The van der Waals surface area contributed by atoms with Gasteiger partial charge < -0.3 is 14.8 Å². The third-order valence-corrected chi connectivity index (χ3v) is 5.32. The van der Waals surface area contributed by atoms with Crippen molar-refractivity contribution in [2.75, 3.05) is 11.9 Å². The molecular formula is C20H20N3O+. The summed E-state index contributed by atoms with van der Waals surface area (Å²) < 4.78 is 2.25. The van der Waals surface area contributed by atoms with Crippen molar-refractivity contribution in [3.63, 3.8) is 0 Å². The minimum atomic E-state index is 0.0902. The fraction of sp³-hybridized carbons (Fsp3) is 0.250. The van der Waals surface area contributed by atoms with E-state index < -0.39 is 0 Å². The first-order valence-corrected chi connectivity index (χ1v) is 8.60. The number of quaternary nitrogens is 1. The van der Waals surface area contributed by atoms with Gasteiger partial charge in [-0.25, -0.2) is 0 Å². The average Bonchev–Trinajstić information content (AvgIpc) is 2.91. The molecule has 1 unspecified atom stereocenters. The van der Waals surface area contributed by atoms with E-state index in [0.717, 1.165) is 31.7 Å². The number of hydrogen-bond donors (Lipinski definition) is 2. The number of aromatic nitrogens is 1. The Morgan fingerprint density at radius 3 is 2.83 bits per heavy atom. The van der Waals surface area contributed by atoms with E-state index in [4.69, 9.17) is 0 Å². The van der Waals surface area contributed by atoms with E-state index in [1.807, 2.05) is 6.07 Å². The minimum absolute atomic E-state index is 0.0902. The zero-order chi connectivity index (χ0) is 16.1. The molecule has 4 heteroatoms. The van der Waals surface area contributed by atoms with Crippen molar-refractivity contribution in [3.8, 4) is 0 Å². The van der Waals surface area contributed by atoms with E-state index in [2.05, 4.69) is 52.3 Å². The van der Waals surface area contributed by atoms with Gasteiger partial charge in [0.1, 0.15) is 19.6 Å². The molecule has 1 amide bonds. The Kier molecular flexibility index (Phi) is 3.00. The Hall–Kier alpha value is -2.59. The number of para-hydroxylation sites is 1. The lowest BCUT2D eigenvalue weighted by Gasteiger charge is -2.26. The highest BCUT2D eigenvalue weighted by atomic mass is 16.2. The maximum atomic E-state index is 12.0. The van der Waals surface area contributed by atoms with Gasteiger partial charge in [0.05, 0.1) is 17.7 Å². The van der Waals surface area contributed by atoms with Crippen LogP contribution in [-0.2, 0) is 30.8 Å². The second kappa shape index (κ2) is 5.21. The summed E-state index contributed by atoms with van der Waals surface area (Å²) in [5.74, 6) is 0.0902. The monoisotopic (exact) mass is 318 g/mol. The van der Waals surface area contributed by atoms with E-state index in [1.165, 1.54) is 27.7 Å². The lowest BCUT2D eigenvalue weighted by Crippen LogP contribution is -3.10. The molecular weight excluding hydrogens is 298 g/mol. The Bertz CT molecular complexity index is 942. The van der Waals surface area contributed by atoms with E-state index in [1.54, 1.807) is 4.90 Å². The van der Waals surface area contributed by atoms with Gasteiger partial charge in [0.25, 0.3) is 0 Å². The maximum absolute atomic E-state index is 12.0. The van der Waals surface area contributed by atoms with Crippen LogP contribution in [0, 0.1) is 0 Å². The van der Waals surface area contributed by atoms with E-state index in [0.29, 0.717) is 6.54 Å². The Morgan fingerprint density at radius 2 is 1.96 bits per heavy atom. The fourth-order valence-electron chi connectivity index (χ4n) is 4.29. The van der Waals surface area contributed by atoms with Crippen molar-refractivity contribution in [1.82, 2.24) is 4.57 Å². The van der Waals surface area contributed by atoms with Gasteiger partial charge in [-0.1, -0.05) is 42.5 Å². The molecule has 0 spiro atoms. The van der Waals surface area contributed by atoms with Crippen molar-refractivity contribution < 1.29 is 9.69 Å². The second-order valence-corrected chi connectivity index (χ2v) is 6.85. The lowest BCUT2D eigenvalue weighted by molar-refractivity contribution is -0.929. The number of fused-ring (bicyclic) bond motifs is 3. The summed E-state index contributed by atoms with van der Waals surface area (Å²) >= 11 is 0. The van der Waals surface area contributed by atoms with E-state index in [9.17, 15) is 4.79 Å². The highest BCUT2D eigenvalue weighted by molar-refractivity contribution is 6.06. The van der Waals surface area contributed by atoms with Gasteiger partial charge in [0.2, 0.25) is 5.91 Å². The molecule has 0 aliphatic carbocycles. The number of nitrogens with zero attached hydrogens (tertiary/aromatic N) is 1. The zero-order valence-electron chi connectivity index (χ0n) is 13.5. The molecule has 0 bridgehead atoms. The summed E-state index contributed by atoms with van der Waals surface area (Å²) in [6.45, 7) is 3.67. The highest BCUT2D eigenvalue weighted by Gasteiger charge is 2.30. The molecule has 3 aromatic rings. The third kappa shape index (κ3) is 2.07. The molecule has 2 aromatic carbocycles. The maximum Gasteiger partial charge on any atom is 0.244 e. The summed E-state index contributed by atoms with van der Waals surface area (Å²) in [6, 6.07) is 17.0. The smallest absolute Gasteiger partial charge is 0.244 e. The Balaban J connectivity index is 1.55. The van der Waals surface area contributed by atoms with Crippen LogP contribution in [0.2, 0.25) is 0 Å². The van der Waals surface area contributed by atoms with Crippen LogP contribution in [-0.4, -0.2) is 17.0 Å². The number of carbonyl (C=O) groups is 1. The zero-order valence-corrected chi connectivity index (χ0v) is 13.5. The summed E-state index contributed by atoms with van der Waals surface area (Å²) in [4.78, 5) is 13.6. The molecule has 120 valence electrons. The van der Waals surface area contributed by atoms with Crippen LogP contribution in [0.3, 0.4) is 0 Å². The minimum Gasteiger partial charge on any atom is -0.333 e. The number of hydrogen-bond acceptors (Lipinski definition) is 1. The first kappa shape index (κ1) is 13.8. The van der Waals surface area contributed by atoms with Crippen molar-refractivity contribution in [3.05, 3.63) is 65.4 Å². The highest BCUT2D eigenvalue weighted by Crippen LogP contribution is 2.34. The van der Waals surface area contributed by atoms with Crippen LogP contribution in [0.4, 0.5) is 5.69 Å². The molecule has 5 rings (SSSR count). The van der Waals surface area contributed by atoms with Gasteiger partial charge in [-0.3, -0.25) is 4.79 Å². The predicted octanol–water partition coefficient (Wildman–Crippen LogP) is 1.73. The molecule has 0 fully saturated rings. The topological polar surface area (TPSA) is 38.5 Å². The number of benzene rings is 2. The lowest BCUT2D eigenvalue weighted by atomic mass is 10.0. The van der Waals surface area contributed by atoms with Crippen LogP contribution in [0.5, 0.6) is 0 Å². The normalized spacial score (nSPS) is 19.2. The largest absolute Gasteiger partial charge is 0.333 e. The average molecular weight is 318 g/mol. The Labute approximate surface area is 140 Å². The molecule has 1 atom stereocenters. The van der Waals surface area contributed by atoms with Gasteiger partial charge in [-0.2, -0.15) is 0 Å². The fourth-order valence-corrected chi connectivity index (χ4v) is 4.29. The third-order valence-electron chi connectivity index (χ3n) is 5.32. The number of rotatable bonds is 2. The van der Waals surface area contributed by atoms with Crippen LogP contribution in [0.25, 0.3) is 10.9 Å². The number of amides is 1. The summed E-state index contributed by atoms with van der Waals surface area (Å²) in [5, 5.41) is 4.33. The predicted molar refractivity (Wildman–Crippen MR) is 94.0 cm³/mol. The molecule has 2 N–H and O–H groups in total. The molecule has 0 saturated carbocycles. The van der Waals surface area contributed by atoms with Gasteiger partial charge in [-0.15, -0.1) is 0 Å². The van der Waals surface area contributed by atoms with Crippen molar-refractivity contribution >= 4 is 22.5 Å². The molecule has 2 aliphatic rings. The first-order valence-electron chi connectivity index (χ1n) is 8.60. The molecule has 0 saturated heterocycles. The van der Waals surface area contributed by atoms with Crippen LogP contribution in [0.1, 0.15) is 16.8 Å². The van der Waals surface area contributed by atoms with Crippen molar-refractivity contribution in [2.24, 2.45) is 0 Å². The van der Waals surface area contributed by atoms with Crippen LogP contribution >= 0.6 is 0 Å². The molecule has 2 aliphatic heterocycles. The van der Waals surface area contributed by atoms with Gasteiger partial charge in [0, 0.05) is 28.6 Å². The SMILES string of the molecule is O=C1Cn2c3c(c4cccc(c42)N1)C[NH+](Cc1ccccc1)CC3. The molecule has 4 nitrogen and oxygen atoms in total. The molecule has 3 heterocycles. The number of nitrogens with one attached hydrogen (secondary N) is 2. The second-order valence-electron chi connectivity index (χ2n) is 6.85. The van der Waals surface area contributed by atoms with E-state index >= 15 is 0 Å². The van der Waals surface area contributed by atoms with Crippen molar-refractivity contribution in [2.45, 2.75) is 26.1 Å². The van der Waals surface area contributed by atoms with Gasteiger partial charge >= 0.3 is 0 Å². The number of anilines is 1. The van der Waals surface area contributed by atoms with Gasteiger partial charge in [-0.05, 0) is 6.07 Å². The quantitative estimate of drug-likeness (QED) is 0.742.